The number of aryl methyl sites for hydroxylation is 4. The summed E-state index contributed by atoms with van der Waals surface area (Å²) in [6.07, 6.45) is 22.7. The van der Waals surface area contributed by atoms with Crippen molar-refractivity contribution in [2.45, 2.75) is 128 Å². The Kier molecular flexibility index (Phi) is 9.01. The number of benzene rings is 4. The highest BCUT2D eigenvalue weighted by Crippen LogP contribution is 2.68. The second-order valence-electron chi connectivity index (χ2n) is 20.7. The molecule has 3 nitrogen and oxygen atoms in total. The smallest absolute Gasteiger partial charge is 0.0952 e. The molecule has 0 bridgehead atoms. The van der Waals surface area contributed by atoms with Gasteiger partial charge < -0.3 is 5.11 Å². The molecular weight excluding hydrogens is 717 g/mol. The minimum atomic E-state index is -0.736. The van der Waals surface area contributed by atoms with Crippen molar-refractivity contribution in [2.75, 3.05) is 0 Å². The van der Waals surface area contributed by atoms with E-state index in [0.29, 0.717) is 29.1 Å². The molecule has 0 spiro atoms. The van der Waals surface area contributed by atoms with Gasteiger partial charge in [0.15, 0.2) is 0 Å². The average molecular weight is 779 g/mol. The zero-order chi connectivity index (χ0) is 40.1. The first-order valence-electron chi connectivity index (χ1n) is 23.2. The fourth-order valence-corrected chi connectivity index (χ4v) is 15.1. The molecule has 3 heteroatoms. The quantitative estimate of drug-likeness (QED) is 0.190. The van der Waals surface area contributed by atoms with Crippen LogP contribution in [0.1, 0.15) is 140 Å². The highest BCUT2D eigenvalue weighted by Gasteiger charge is 2.62. The standard InChI is InChI=1S/C28H31NO.C28H31N/c1-18-3-7-23-20(15-18)5-8-25-24(23)9-12-27(2)26(25)10-13-28(27,30)22-6-4-19-11-14-29-17-21(19)16-22;1-18-3-7-23-20(15-18)6-8-25-24(23)11-13-28(2)26(9-10-27(25)28)21-5-4-19-12-14-29-17-22(19)16-21/h3-4,6-7,11,14-17,24-26,30H,5,8-10,12-13H2,1-2H3;3-5,7,12,14-17,24-27H,6,8-11,13H2,1-2H3/t2*24-,25-,26+,27+,28-/m11/s1. The molecule has 6 aliphatic carbocycles. The lowest BCUT2D eigenvalue weighted by atomic mass is 9.52. The van der Waals surface area contributed by atoms with Gasteiger partial charge in [-0.05, 0) is 206 Å². The first-order valence-corrected chi connectivity index (χ1v) is 23.2. The van der Waals surface area contributed by atoms with Gasteiger partial charge in [0.05, 0.1) is 5.60 Å². The average Bonchev–Trinajstić information content (AvgIpc) is 3.76. The molecule has 2 heterocycles. The van der Waals surface area contributed by atoms with Gasteiger partial charge in [-0.1, -0.05) is 85.6 Å². The maximum absolute atomic E-state index is 12.2. The number of rotatable bonds is 2. The third-order valence-electron chi connectivity index (χ3n) is 18.1. The molecule has 0 saturated heterocycles. The van der Waals surface area contributed by atoms with E-state index >= 15 is 0 Å². The number of pyridine rings is 2. The molecule has 12 rings (SSSR count). The molecule has 0 radical (unpaired) electrons. The molecule has 0 unspecified atom stereocenters. The number of fused-ring (bicyclic) bond motifs is 12. The third kappa shape index (κ3) is 5.91. The van der Waals surface area contributed by atoms with Crippen molar-refractivity contribution in [3.8, 4) is 0 Å². The monoisotopic (exact) mass is 778 g/mol. The largest absolute Gasteiger partial charge is 0.385 e. The summed E-state index contributed by atoms with van der Waals surface area (Å²) in [5.41, 5.74) is 11.6. The number of hydrogen-bond acceptors (Lipinski definition) is 3. The minimum Gasteiger partial charge on any atom is -0.385 e. The van der Waals surface area contributed by atoms with Gasteiger partial charge in [-0.2, -0.15) is 0 Å². The number of nitrogens with zero attached hydrogens (tertiary/aromatic N) is 2. The van der Waals surface area contributed by atoms with Gasteiger partial charge in [0, 0.05) is 41.0 Å². The van der Waals surface area contributed by atoms with E-state index in [1.807, 2.05) is 24.8 Å². The lowest BCUT2D eigenvalue weighted by molar-refractivity contribution is -0.108. The SMILES string of the molecule is Cc1ccc2c(c1)CC[C@@H]1[C@@H]2CC[C@@]2(C)[C@H]1CC[C@@]2(O)c1ccc2ccncc2c1.Cc1ccc2c(c1)CC[C@@H]1[C@@H]2CC[C@]2(C)[C@H](c3ccc4ccncc4c3)CC[C@@H]12. The Balaban J connectivity index is 0.000000135. The Bertz CT molecular complexity index is 2580. The van der Waals surface area contributed by atoms with E-state index in [1.165, 1.54) is 85.1 Å². The van der Waals surface area contributed by atoms with Crippen LogP contribution in [0.5, 0.6) is 0 Å². The van der Waals surface area contributed by atoms with Crippen molar-refractivity contribution in [1.29, 1.82) is 0 Å². The molecule has 10 atom stereocenters. The van der Waals surface area contributed by atoms with Crippen LogP contribution in [0.3, 0.4) is 0 Å². The molecule has 0 aliphatic heterocycles. The first kappa shape index (κ1) is 37.6. The van der Waals surface area contributed by atoms with Crippen LogP contribution in [0, 0.1) is 48.3 Å². The van der Waals surface area contributed by atoms with E-state index < -0.39 is 5.60 Å². The molecule has 4 saturated carbocycles. The number of hydrogen-bond donors (Lipinski definition) is 1. The molecule has 2 aromatic heterocycles. The Morgan fingerprint density at radius 2 is 1.15 bits per heavy atom. The zero-order valence-corrected chi connectivity index (χ0v) is 35.8. The first-order chi connectivity index (χ1) is 28.6. The number of aromatic nitrogens is 2. The van der Waals surface area contributed by atoms with Crippen molar-refractivity contribution >= 4 is 21.5 Å². The van der Waals surface area contributed by atoms with Gasteiger partial charge in [0.1, 0.15) is 0 Å². The van der Waals surface area contributed by atoms with Gasteiger partial charge in [-0.25, -0.2) is 0 Å². The summed E-state index contributed by atoms with van der Waals surface area (Å²) in [6.45, 7) is 9.47. The van der Waals surface area contributed by atoms with E-state index in [4.69, 9.17) is 0 Å². The fraction of sp³-hybridized carbons (Fsp3) is 0.464. The van der Waals surface area contributed by atoms with Crippen LogP contribution in [0.4, 0.5) is 0 Å². The molecule has 0 amide bonds. The Morgan fingerprint density at radius 1 is 0.542 bits per heavy atom. The van der Waals surface area contributed by atoms with Crippen LogP contribution in [-0.4, -0.2) is 15.1 Å². The van der Waals surface area contributed by atoms with Crippen molar-refractivity contribution in [3.63, 3.8) is 0 Å². The van der Waals surface area contributed by atoms with Crippen LogP contribution in [0.25, 0.3) is 21.5 Å². The van der Waals surface area contributed by atoms with Crippen molar-refractivity contribution in [2.24, 2.45) is 34.5 Å². The van der Waals surface area contributed by atoms with Crippen LogP contribution < -0.4 is 0 Å². The van der Waals surface area contributed by atoms with Crippen LogP contribution in [-0.2, 0) is 18.4 Å². The Labute approximate surface area is 352 Å². The second kappa shape index (κ2) is 14.1. The van der Waals surface area contributed by atoms with E-state index in [0.717, 1.165) is 48.0 Å². The molecule has 302 valence electrons. The molecule has 6 aliphatic rings. The molecule has 1 N–H and O–H groups in total. The van der Waals surface area contributed by atoms with E-state index in [9.17, 15) is 5.11 Å². The normalized spacial score (nSPS) is 34.1. The maximum atomic E-state index is 12.2. The van der Waals surface area contributed by atoms with Gasteiger partial charge in [0.2, 0.25) is 0 Å². The predicted molar refractivity (Wildman–Crippen MR) is 242 cm³/mol. The Hall–Kier alpha value is -4.34. The van der Waals surface area contributed by atoms with Gasteiger partial charge >= 0.3 is 0 Å². The van der Waals surface area contributed by atoms with Gasteiger partial charge in [0.25, 0.3) is 0 Å². The third-order valence-corrected chi connectivity index (χ3v) is 18.1. The highest BCUT2D eigenvalue weighted by atomic mass is 16.3. The molecule has 4 aromatic carbocycles. The zero-order valence-electron chi connectivity index (χ0n) is 35.8. The van der Waals surface area contributed by atoms with Crippen molar-refractivity contribution < 1.29 is 5.11 Å². The summed E-state index contributed by atoms with van der Waals surface area (Å²) >= 11 is 0. The maximum Gasteiger partial charge on any atom is 0.0952 e. The van der Waals surface area contributed by atoms with E-state index in [1.54, 1.807) is 27.8 Å². The summed E-state index contributed by atoms with van der Waals surface area (Å²) in [7, 11) is 0. The van der Waals surface area contributed by atoms with Crippen LogP contribution in [0.2, 0.25) is 0 Å². The summed E-state index contributed by atoms with van der Waals surface area (Å²) in [5.74, 6) is 5.25. The van der Waals surface area contributed by atoms with Gasteiger partial charge in [-0.15, -0.1) is 0 Å². The molecule has 6 aromatic rings. The van der Waals surface area contributed by atoms with Crippen molar-refractivity contribution in [3.05, 3.63) is 154 Å². The molecule has 59 heavy (non-hydrogen) atoms. The second-order valence-corrected chi connectivity index (χ2v) is 20.7. The topological polar surface area (TPSA) is 46.0 Å². The summed E-state index contributed by atoms with van der Waals surface area (Å²) < 4.78 is 0. The minimum absolute atomic E-state index is 0.0494. The lowest BCUT2D eigenvalue weighted by Gasteiger charge is -2.53. The van der Waals surface area contributed by atoms with E-state index in [-0.39, 0.29) is 5.41 Å². The summed E-state index contributed by atoms with van der Waals surface area (Å²) in [4.78, 5) is 8.66. The molecular formula is C56H62N2O. The summed E-state index contributed by atoms with van der Waals surface area (Å²) in [5, 5.41) is 17.1. The lowest BCUT2D eigenvalue weighted by Crippen LogP contribution is -2.49. The summed E-state index contributed by atoms with van der Waals surface area (Å²) in [6, 6.07) is 32.2. The van der Waals surface area contributed by atoms with Crippen molar-refractivity contribution in [1.82, 2.24) is 9.97 Å². The highest BCUT2D eigenvalue weighted by molar-refractivity contribution is 5.83. The molecule has 4 fully saturated rings. The van der Waals surface area contributed by atoms with Gasteiger partial charge in [-0.3, -0.25) is 9.97 Å². The van der Waals surface area contributed by atoms with Crippen LogP contribution >= 0.6 is 0 Å². The fourth-order valence-electron chi connectivity index (χ4n) is 15.1. The Morgan fingerprint density at radius 3 is 1.83 bits per heavy atom. The van der Waals surface area contributed by atoms with E-state index in [2.05, 4.69) is 123 Å². The predicted octanol–water partition coefficient (Wildman–Crippen LogP) is 13.5. The van der Waals surface area contributed by atoms with Crippen LogP contribution in [0.15, 0.2) is 110 Å². The number of aliphatic hydroxyl groups is 1.